The Balaban J connectivity index is 1.96. The highest BCUT2D eigenvalue weighted by molar-refractivity contribution is 7.99. The molecule has 0 fully saturated rings. The molecule has 2 aromatic rings. The fourth-order valence-electron chi connectivity index (χ4n) is 1.88. The summed E-state index contributed by atoms with van der Waals surface area (Å²) in [4.78, 5) is 0. The average Bonchev–Trinajstić information content (AvgIpc) is 2.86. The molecule has 122 valence electrons. The van der Waals surface area contributed by atoms with Crippen LogP contribution >= 0.6 is 11.8 Å². The second-order valence-electron chi connectivity index (χ2n) is 6.05. The maximum absolute atomic E-state index is 5.97. The first-order chi connectivity index (χ1) is 10.9. The Labute approximate surface area is 141 Å². The minimum atomic E-state index is 0.128. The quantitative estimate of drug-likeness (QED) is 0.519. The molecule has 23 heavy (non-hydrogen) atoms. The third-order valence-electron chi connectivity index (χ3n) is 3.27. The largest absolute Gasteiger partial charge is 0.486 e. The van der Waals surface area contributed by atoms with Gasteiger partial charge in [0.05, 0.1) is 5.75 Å². The molecule has 0 bridgehead atoms. The van der Waals surface area contributed by atoms with Gasteiger partial charge in [-0.15, -0.1) is 16.1 Å². The summed E-state index contributed by atoms with van der Waals surface area (Å²) in [6, 6.07) is 8.08. The first-order valence-electron chi connectivity index (χ1n) is 7.37. The SMILES string of the molecule is CC#CCSc1nnc(COc2ccc(C(C)(C)C)cc2)n1N. The van der Waals surface area contributed by atoms with Crippen LogP contribution in [0.3, 0.4) is 0 Å². The van der Waals surface area contributed by atoms with Crippen LogP contribution in [0.5, 0.6) is 5.75 Å². The van der Waals surface area contributed by atoms with Gasteiger partial charge < -0.3 is 10.6 Å². The van der Waals surface area contributed by atoms with Crippen molar-refractivity contribution in [3.8, 4) is 17.6 Å². The number of nitrogens with two attached hydrogens (primary N) is 1. The highest BCUT2D eigenvalue weighted by Crippen LogP contribution is 2.24. The smallest absolute Gasteiger partial charge is 0.210 e. The highest BCUT2D eigenvalue weighted by atomic mass is 32.2. The number of nitrogens with zero attached hydrogens (tertiary/aromatic N) is 3. The van der Waals surface area contributed by atoms with Crippen molar-refractivity contribution in [2.24, 2.45) is 0 Å². The number of nitrogen functional groups attached to an aromatic ring is 1. The predicted octanol–water partition coefficient (Wildman–Crippen LogP) is 2.98. The lowest BCUT2D eigenvalue weighted by Crippen LogP contribution is -2.16. The van der Waals surface area contributed by atoms with E-state index in [1.165, 1.54) is 22.0 Å². The van der Waals surface area contributed by atoms with Crippen LogP contribution in [0.1, 0.15) is 39.1 Å². The summed E-state index contributed by atoms with van der Waals surface area (Å²) in [5, 5.41) is 8.74. The summed E-state index contributed by atoms with van der Waals surface area (Å²) in [6.45, 7) is 8.63. The van der Waals surface area contributed by atoms with E-state index < -0.39 is 0 Å². The van der Waals surface area contributed by atoms with Crippen LogP contribution in [0, 0.1) is 11.8 Å². The lowest BCUT2D eigenvalue weighted by molar-refractivity contribution is 0.291. The summed E-state index contributed by atoms with van der Waals surface area (Å²) in [7, 11) is 0. The summed E-state index contributed by atoms with van der Waals surface area (Å²) < 4.78 is 7.19. The molecule has 6 heteroatoms. The number of ether oxygens (including phenoxy) is 1. The van der Waals surface area contributed by atoms with Crippen LogP contribution < -0.4 is 10.6 Å². The molecule has 5 nitrogen and oxygen atoms in total. The Kier molecular flexibility index (Phi) is 5.56. The lowest BCUT2D eigenvalue weighted by atomic mass is 9.87. The third-order valence-corrected chi connectivity index (χ3v) is 4.10. The molecule has 1 aromatic heterocycles. The topological polar surface area (TPSA) is 66.0 Å². The molecule has 0 saturated heterocycles. The van der Waals surface area contributed by atoms with Gasteiger partial charge in [-0.1, -0.05) is 50.6 Å². The zero-order valence-corrected chi connectivity index (χ0v) is 14.8. The summed E-state index contributed by atoms with van der Waals surface area (Å²) in [5.41, 5.74) is 1.39. The van der Waals surface area contributed by atoms with E-state index in [-0.39, 0.29) is 12.0 Å². The van der Waals surface area contributed by atoms with Crippen molar-refractivity contribution in [1.29, 1.82) is 0 Å². The van der Waals surface area contributed by atoms with Gasteiger partial charge in [0, 0.05) is 0 Å². The van der Waals surface area contributed by atoms with Crippen molar-refractivity contribution >= 4 is 11.8 Å². The molecule has 0 aliphatic rings. The van der Waals surface area contributed by atoms with E-state index in [1.807, 2.05) is 12.1 Å². The summed E-state index contributed by atoms with van der Waals surface area (Å²) >= 11 is 1.45. The number of hydrogen-bond acceptors (Lipinski definition) is 5. The molecule has 0 aliphatic heterocycles. The maximum atomic E-state index is 5.97. The summed E-state index contributed by atoms with van der Waals surface area (Å²) in [5.74, 6) is 13.8. The molecule has 0 atom stereocenters. The Morgan fingerprint density at radius 2 is 1.91 bits per heavy atom. The van der Waals surface area contributed by atoms with E-state index in [2.05, 4.69) is 54.9 Å². The van der Waals surface area contributed by atoms with Crippen LogP contribution in [0.15, 0.2) is 29.4 Å². The average molecular weight is 330 g/mol. The molecule has 0 radical (unpaired) electrons. The minimum Gasteiger partial charge on any atom is -0.486 e. The Morgan fingerprint density at radius 1 is 1.22 bits per heavy atom. The van der Waals surface area contributed by atoms with Gasteiger partial charge in [0.2, 0.25) is 5.16 Å². The molecule has 2 N–H and O–H groups in total. The van der Waals surface area contributed by atoms with E-state index in [9.17, 15) is 0 Å². The van der Waals surface area contributed by atoms with E-state index in [0.29, 0.717) is 16.7 Å². The number of thioether (sulfide) groups is 1. The van der Waals surface area contributed by atoms with Gasteiger partial charge in [0.25, 0.3) is 0 Å². The van der Waals surface area contributed by atoms with Gasteiger partial charge in [0.1, 0.15) is 12.4 Å². The molecule has 0 aliphatic carbocycles. The maximum Gasteiger partial charge on any atom is 0.210 e. The fourth-order valence-corrected chi connectivity index (χ4v) is 2.56. The number of benzene rings is 1. The molecule has 1 aromatic carbocycles. The van der Waals surface area contributed by atoms with Gasteiger partial charge in [-0.3, -0.25) is 0 Å². The molecule has 0 spiro atoms. The van der Waals surface area contributed by atoms with E-state index in [4.69, 9.17) is 10.6 Å². The molecular formula is C17H22N4OS. The van der Waals surface area contributed by atoms with E-state index in [1.54, 1.807) is 6.92 Å². The van der Waals surface area contributed by atoms with E-state index >= 15 is 0 Å². The van der Waals surface area contributed by atoms with Crippen molar-refractivity contribution in [1.82, 2.24) is 14.9 Å². The lowest BCUT2D eigenvalue weighted by Gasteiger charge is -2.19. The van der Waals surface area contributed by atoms with Crippen LogP contribution in [-0.2, 0) is 12.0 Å². The minimum absolute atomic E-state index is 0.128. The molecule has 1 heterocycles. The van der Waals surface area contributed by atoms with Gasteiger partial charge in [-0.25, -0.2) is 4.68 Å². The first kappa shape index (κ1) is 17.2. The van der Waals surface area contributed by atoms with Crippen molar-refractivity contribution in [3.63, 3.8) is 0 Å². The van der Waals surface area contributed by atoms with E-state index in [0.717, 1.165) is 5.75 Å². The second kappa shape index (κ2) is 7.42. The highest BCUT2D eigenvalue weighted by Gasteiger charge is 2.14. The van der Waals surface area contributed by atoms with Gasteiger partial charge in [-0.05, 0) is 30.0 Å². The van der Waals surface area contributed by atoms with Crippen molar-refractivity contribution < 1.29 is 4.74 Å². The molecule has 2 rings (SSSR count). The van der Waals surface area contributed by atoms with Gasteiger partial charge >= 0.3 is 0 Å². The Morgan fingerprint density at radius 3 is 2.52 bits per heavy atom. The summed E-state index contributed by atoms with van der Waals surface area (Å²) in [6.07, 6.45) is 0. The normalized spacial score (nSPS) is 11.0. The molecular weight excluding hydrogens is 308 g/mol. The van der Waals surface area contributed by atoms with Crippen molar-refractivity contribution in [3.05, 3.63) is 35.7 Å². The molecule has 0 amide bonds. The monoisotopic (exact) mass is 330 g/mol. The van der Waals surface area contributed by atoms with Gasteiger partial charge in [0.15, 0.2) is 5.82 Å². The number of aromatic nitrogens is 3. The Hall–Kier alpha value is -2.13. The second-order valence-corrected chi connectivity index (χ2v) is 6.99. The van der Waals surface area contributed by atoms with Gasteiger partial charge in [-0.2, -0.15) is 0 Å². The van der Waals surface area contributed by atoms with Crippen LogP contribution in [0.2, 0.25) is 0 Å². The molecule has 0 saturated carbocycles. The number of hydrogen-bond donors (Lipinski definition) is 1. The zero-order valence-electron chi connectivity index (χ0n) is 14.0. The number of rotatable bonds is 5. The standard InChI is InChI=1S/C17H22N4OS/c1-5-6-11-23-16-20-19-15(21(16)18)12-22-14-9-7-13(8-10-14)17(2,3)4/h7-10H,11-12,18H2,1-4H3. The van der Waals surface area contributed by atoms with Crippen LogP contribution in [0.25, 0.3) is 0 Å². The van der Waals surface area contributed by atoms with Crippen molar-refractivity contribution in [2.45, 2.75) is 44.9 Å². The van der Waals surface area contributed by atoms with Crippen molar-refractivity contribution in [2.75, 3.05) is 11.6 Å². The van der Waals surface area contributed by atoms with Crippen LogP contribution in [-0.4, -0.2) is 20.6 Å². The Bertz CT molecular complexity index is 705. The first-order valence-corrected chi connectivity index (χ1v) is 8.35. The molecule has 0 unspecified atom stereocenters. The predicted molar refractivity (Wildman–Crippen MR) is 93.8 cm³/mol. The third kappa shape index (κ3) is 4.67. The zero-order chi connectivity index (χ0) is 16.9. The van der Waals surface area contributed by atoms with Crippen LogP contribution in [0.4, 0.5) is 0 Å². The fraction of sp³-hybridized carbons (Fsp3) is 0.412.